The smallest absolute Gasteiger partial charge is 0.431 e. The molecule has 1 aliphatic rings. The van der Waals surface area contributed by atoms with Gasteiger partial charge in [0.1, 0.15) is 29.7 Å². The number of alkyl carbamates (subject to hydrolysis) is 1. The summed E-state index contributed by atoms with van der Waals surface area (Å²) in [5.41, 5.74) is 1.89. The van der Waals surface area contributed by atoms with Crippen molar-refractivity contribution in [3.05, 3.63) is 48.8 Å². The number of hydrogen-bond acceptors (Lipinski definition) is 10. The molecule has 2 heterocycles. The van der Waals surface area contributed by atoms with Crippen molar-refractivity contribution in [2.75, 3.05) is 13.2 Å². The molecule has 13 nitrogen and oxygen atoms in total. The summed E-state index contributed by atoms with van der Waals surface area (Å²) in [5, 5.41) is 7.47. The average Bonchev–Trinajstić information content (AvgIpc) is 3.47. The van der Waals surface area contributed by atoms with E-state index in [2.05, 4.69) is 56.3 Å². The number of esters is 1. The number of rotatable bonds is 13. The zero-order valence-corrected chi connectivity index (χ0v) is 33.4. The molecule has 1 aromatic heterocycles. The normalized spacial score (nSPS) is 16.8. The maximum atomic E-state index is 13.4. The molecule has 2 amide bonds. The van der Waals surface area contributed by atoms with Crippen molar-refractivity contribution < 1.29 is 42.6 Å². The summed E-state index contributed by atoms with van der Waals surface area (Å²) in [6, 6.07) is 5.81. The lowest BCUT2D eigenvalue weighted by atomic mass is 9.89. The molecular weight excluding hydrogens is 673 g/mol. The van der Waals surface area contributed by atoms with Gasteiger partial charge in [0.05, 0.1) is 18.8 Å². The first kappa shape index (κ1) is 41.5. The number of hydrogen-bond donors (Lipinski definition) is 2. The Morgan fingerprint density at radius 1 is 1.02 bits per heavy atom. The molecule has 284 valence electrons. The summed E-state index contributed by atoms with van der Waals surface area (Å²) in [5.74, 6) is -0.0975. The van der Waals surface area contributed by atoms with Gasteiger partial charge in [-0.25, -0.2) is 19.2 Å². The number of nitrogens with one attached hydrogen (secondary N) is 2. The molecule has 1 aromatic carbocycles. The van der Waals surface area contributed by atoms with Crippen LogP contribution in [-0.2, 0) is 41.2 Å². The zero-order chi connectivity index (χ0) is 38.4. The van der Waals surface area contributed by atoms with Crippen LogP contribution in [-0.4, -0.2) is 78.4 Å². The van der Waals surface area contributed by atoms with E-state index in [9.17, 15) is 14.4 Å². The Hall–Kier alpha value is -3.88. The molecule has 0 fully saturated rings. The van der Waals surface area contributed by atoms with E-state index in [0.29, 0.717) is 25.1 Å². The molecule has 0 spiro atoms. The Labute approximate surface area is 303 Å². The minimum absolute atomic E-state index is 0.0243. The van der Waals surface area contributed by atoms with Gasteiger partial charge in [-0.3, -0.25) is 4.68 Å². The van der Waals surface area contributed by atoms with Gasteiger partial charge in [0.15, 0.2) is 8.32 Å². The standard InChI is InChI=1S/C37H58N4O9Si/c1-14-19-45-33(44)40-50-37(11,31(42)47-34(2,3)4)30-18-16-26-20-25(15-17-29(26)46-30)27-21-39-41(23-27)24-28(49-51(12,13)36(8,9)10)22-38-32(43)48-35(5,6)7/h14-15,17,20-21,23,28,30H,1,16,18-19,22,24H2,2-13H3,(H,38,43)(H,40,44)/t28-,30+,37?/m0/s1. The summed E-state index contributed by atoms with van der Waals surface area (Å²) >= 11 is 0. The van der Waals surface area contributed by atoms with Gasteiger partial charge in [-0.15, -0.1) is 0 Å². The number of benzene rings is 1. The van der Waals surface area contributed by atoms with Gasteiger partial charge < -0.3 is 28.7 Å². The summed E-state index contributed by atoms with van der Waals surface area (Å²) in [6.07, 6.45) is 3.67. The van der Waals surface area contributed by atoms with E-state index in [1.807, 2.05) is 49.8 Å². The number of aromatic nitrogens is 2. The van der Waals surface area contributed by atoms with Gasteiger partial charge in [-0.1, -0.05) is 39.5 Å². The maximum Gasteiger partial charge on any atom is 0.431 e. The van der Waals surface area contributed by atoms with E-state index in [4.69, 9.17) is 28.2 Å². The molecular formula is C37H58N4O9Si. The highest BCUT2D eigenvalue weighted by molar-refractivity contribution is 6.74. The molecule has 0 saturated carbocycles. The number of aryl methyl sites for hydroxylation is 1. The lowest BCUT2D eigenvalue weighted by molar-refractivity contribution is -0.204. The molecule has 2 N–H and O–H groups in total. The summed E-state index contributed by atoms with van der Waals surface area (Å²) < 4.78 is 30.9. The van der Waals surface area contributed by atoms with Crippen molar-refractivity contribution in [2.45, 2.75) is 136 Å². The highest BCUT2D eigenvalue weighted by Crippen LogP contribution is 2.38. The van der Waals surface area contributed by atoms with Crippen LogP contribution in [0.1, 0.15) is 81.2 Å². The Morgan fingerprint density at radius 2 is 1.69 bits per heavy atom. The lowest BCUT2D eigenvalue weighted by Crippen LogP contribution is -2.57. The van der Waals surface area contributed by atoms with Gasteiger partial charge >= 0.3 is 18.2 Å². The van der Waals surface area contributed by atoms with Crippen LogP contribution in [0.15, 0.2) is 43.2 Å². The number of carbonyl (C=O) groups is 3. The van der Waals surface area contributed by atoms with Crippen molar-refractivity contribution in [2.24, 2.45) is 0 Å². The predicted molar refractivity (Wildman–Crippen MR) is 197 cm³/mol. The van der Waals surface area contributed by atoms with Crippen molar-refractivity contribution in [1.82, 2.24) is 20.6 Å². The summed E-state index contributed by atoms with van der Waals surface area (Å²) in [4.78, 5) is 43.7. The number of fused-ring (bicyclic) bond motifs is 1. The van der Waals surface area contributed by atoms with Gasteiger partial charge in [0.25, 0.3) is 0 Å². The fourth-order valence-electron chi connectivity index (χ4n) is 4.96. The van der Waals surface area contributed by atoms with E-state index < -0.39 is 49.4 Å². The van der Waals surface area contributed by atoms with Gasteiger partial charge in [-0.2, -0.15) is 10.6 Å². The van der Waals surface area contributed by atoms with Crippen LogP contribution < -0.4 is 15.5 Å². The number of carbonyl (C=O) groups excluding carboxylic acids is 3. The second-order valence-electron chi connectivity index (χ2n) is 16.5. The van der Waals surface area contributed by atoms with Crippen LogP contribution >= 0.6 is 0 Å². The highest BCUT2D eigenvalue weighted by Gasteiger charge is 2.50. The van der Waals surface area contributed by atoms with Crippen LogP contribution in [0.25, 0.3) is 11.1 Å². The molecule has 1 unspecified atom stereocenters. The molecule has 2 aromatic rings. The van der Waals surface area contributed by atoms with Gasteiger partial charge in [0, 0.05) is 18.3 Å². The number of amides is 2. The first-order valence-corrected chi connectivity index (χ1v) is 20.3. The van der Waals surface area contributed by atoms with Crippen molar-refractivity contribution in [3.63, 3.8) is 0 Å². The second kappa shape index (κ2) is 16.2. The summed E-state index contributed by atoms with van der Waals surface area (Å²) in [7, 11) is -2.18. The average molecular weight is 731 g/mol. The van der Waals surface area contributed by atoms with Crippen molar-refractivity contribution in [3.8, 4) is 16.9 Å². The van der Waals surface area contributed by atoms with E-state index in [1.165, 1.54) is 13.0 Å². The molecule has 14 heteroatoms. The quantitative estimate of drug-likeness (QED) is 0.0719. The fourth-order valence-corrected chi connectivity index (χ4v) is 6.30. The van der Waals surface area contributed by atoms with Crippen LogP contribution in [0.2, 0.25) is 18.1 Å². The first-order chi connectivity index (χ1) is 23.4. The van der Waals surface area contributed by atoms with Crippen LogP contribution in [0.4, 0.5) is 9.59 Å². The molecule has 1 aliphatic heterocycles. The van der Waals surface area contributed by atoms with Crippen LogP contribution in [0.3, 0.4) is 0 Å². The largest absolute Gasteiger partial charge is 0.486 e. The zero-order valence-electron chi connectivity index (χ0n) is 32.4. The van der Waals surface area contributed by atoms with E-state index >= 15 is 0 Å². The fraction of sp³-hybridized carbons (Fsp3) is 0.622. The second-order valence-corrected chi connectivity index (χ2v) is 21.3. The maximum absolute atomic E-state index is 13.4. The Kier molecular flexibility index (Phi) is 13.2. The third kappa shape index (κ3) is 12.1. The number of nitrogens with zero attached hydrogens (tertiary/aromatic N) is 2. The molecule has 3 rings (SSSR count). The minimum Gasteiger partial charge on any atom is -0.486 e. The molecule has 0 aliphatic carbocycles. The Balaban J connectivity index is 1.79. The minimum atomic E-state index is -2.18. The van der Waals surface area contributed by atoms with Crippen LogP contribution in [0.5, 0.6) is 5.75 Å². The van der Waals surface area contributed by atoms with E-state index in [0.717, 1.165) is 16.7 Å². The Bertz CT molecular complexity index is 1540. The third-order valence-electron chi connectivity index (χ3n) is 8.60. The topological polar surface area (TPSA) is 148 Å². The Morgan fingerprint density at radius 3 is 2.29 bits per heavy atom. The molecule has 0 saturated heterocycles. The number of hydroxylamine groups is 1. The molecule has 0 radical (unpaired) electrons. The predicted octanol–water partition coefficient (Wildman–Crippen LogP) is 7.10. The first-order valence-electron chi connectivity index (χ1n) is 17.3. The highest BCUT2D eigenvalue weighted by atomic mass is 28.4. The molecule has 3 atom stereocenters. The SMILES string of the molecule is C=CCOC(=O)NOC(C)(C(=O)OC(C)(C)C)[C@H]1CCc2cc(-c3cnn(C[C@H](CNC(=O)OC(C)(C)C)O[Si](C)(C)C(C)(C)C)c3)ccc2O1. The lowest BCUT2D eigenvalue weighted by Gasteiger charge is -2.39. The summed E-state index contributed by atoms with van der Waals surface area (Å²) in [6.45, 7) is 27.3. The molecule has 0 bridgehead atoms. The number of ether oxygens (including phenoxy) is 4. The third-order valence-corrected chi connectivity index (χ3v) is 13.1. The van der Waals surface area contributed by atoms with Gasteiger partial charge in [0.2, 0.25) is 5.60 Å². The van der Waals surface area contributed by atoms with Gasteiger partial charge in [-0.05, 0) is 103 Å². The van der Waals surface area contributed by atoms with E-state index in [1.54, 1.807) is 27.0 Å². The molecule has 51 heavy (non-hydrogen) atoms. The van der Waals surface area contributed by atoms with Crippen LogP contribution in [0, 0.1) is 0 Å². The monoisotopic (exact) mass is 730 g/mol. The van der Waals surface area contributed by atoms with Crippen molar-refractivity contribution in [1.29, 1.82) is 0 Å². The van der Waals surface area contributed by atoms with E-state index in [-0.39, 0.29) is 24.3 Å². The van der Waals surface area contributed by atoms with Crippen molar-refractivity contribution >= 4 is 26.5 Å².